The SMILES string of the molecule is COc1c(C)cc2c(c1O)[C@@H]1C3Cc4c(C)c(C)c5c(c4[C@H](CNC(=O)/C=C/c4cccc(C(F)(F)F)c4)N3[C@@H](C#N)[C@@H](C2)N1C)OCO5. The third kappa shape index (κ3) is 5.18. The highest BCUT2D eigenvalue weighted by molar-refractivity contribution is 5.91. The second-order valence-corrected chi connectivity index (χ2v) is 13.2. The standard InChI is InChI=1S/C37H37F3N4O5/c1-18-11-22-13-25-27(15-41)44-26(32(43(25)4)30(22)33(46)34(18)47-5)14-24-19(2)20(3)35-36(49-17-48-35)31(24)28(44)16-42-29(45)10-9-21-7-6-8-23(12-21)37(38,39)40/h6-12,25-28,32,46H,13-14,16-17H2,1-5H3,(H,42,45)/b10-9+/t25-,26?,27+,28+,32+/m1/s1. The molecule has 12 heteroatoms. The van der Waals surface area contributed by atoms with Crippen LogP contribution in [0.5, 0.6) is 23.0 Å². The number of carbonyl (C=O) groups excluding carboxylic acids is 1. The molecule has 1 unspecified atom stereocenters. The summed E-state index contributed by atoms with van der Waals surface area (Å²) in [6, 6.07) is 7.49. The third-order valence-corrected chi connectivity index (χ3v) is 10.8. The summed E-state index contributed by atoms with van der Waals surface area (Å²) in [4.78, 5) is 17.6. The van der Waals surface area contributed by atoms with Gasteiger partial charge >= 0.3 is 6.18 Å². The van der Waals surface area contributed by atoms with Crippen molar-refractivity contribution in [2.75, 3.05) is 27.5 Å². The molecule has 1 fully saturated rings. The molecular weight excluding hydrogens is 637 g/mol. The molecule has 0 spiro atoms. The van der Waals surface area contributed by atoms with E-state index in [0.29, 0.717) is 30.1 Å². The van der Waals surface area contributed by atoms with Crippen molar-refractivity contribution in [1.29, 1.82) is 5.26 Å². The largest absolute Gasteiger partial charge is 0.504 e. The predicted molar refractivity (Wildman–Crippen MR) is 174 cm³/mol. The minimum atomic E-state index is -4.50. The van der Waals surface area contributed by atoms with Crippen LogP contribution < -0.4 is 19.5 Å². The summed E-state index contributed by atoms with van der Waals surface area (Å²) >= 11 is 0. The molecule has 1 saturated heterocycles. The van der Waals surface area contributed by atoms with Gasteiger partial charge in [0, 0.05) is 35.8 Å². The van der Waals surface area contributed by atoms with Gasteiger partial charge in [0.25, 0.3) is 0 Å². The van der Waals surface area contributed by atoms with Crippen LogP contribution in [0.3, 0.4) is 0 Å². The molecule has 0 aliphatic carbocycles. The zero-order valence-electron chi connectivity index (χ0n) is 27.8. The van der Waals surface area contributed by atoms with Crippen molar-refractivity contribution in [2.24, 2.45) is 0 Å². The number of hydrogen-bond donors (Lipinski definition) is 2. The number of nitriles is 1. The third-order valence-electron chi connectivity index (χ3n) is 10.8. The number of methoxy groups -OCH3 is 1. The summed E-state index contributed by atoms with van der Waals surface area (Å²) in [6.45, 7) is 6.05. The van der Waals surface area contributed by atoms with Gasteiger partial charge in [-0.3, -0.25) is 14.6 Å². The highest BCUT2D eigenvalue weighted by atomic mass is 19.4. The van der Waals surface area contributed by atoms with Gasteiger partial charge in [0.05, 0.1) is 30.8 Å². The van der Waals surface area contributed by atoms with E-state index >= 15 is 0 Å². The number of carbonyl (C=O) groups is 1. The van der Waals surface area contributed by atoms with Gasteiger partial charge in [-0.05, 0) is 92.2 Å². The van der Waals surface area contributed by atoms with Gasteiger partial charge in [-0.25, -0.2) is 0 Å². The van der Waals surface area contributed by atoms with Gasteiger partial charge in [0.1, 0.15) is 6.04 Å². The van der Waals surface area contributed by atoms with Gasteiger partial charge < -0.3 is 24.6 Å². The highest BCUT2D eigenvalue weighted by Gasteiger charge is 2.56. The van der Waals surface area contributed by atoms with E-state index in [0.717, 1.165) is 51.1 Å². The van der Waals surface area contributed by atoms with Crippen LogP contribution in [0.1, 0.15) is 62.2 Å². The lowest BCUT2D eigenvalue weighted by atomic mass is 9.71. The lowest BCUT2D eigenvalue weighted by Gasteiger charge is -2.60. The minimum absolute atomic E-state index is 0.0460. The number of hydrogen-bond acceptors (Lipinski definition) is 8. The number of alkyl halides is 3. The minimum Gasteiger partial charge on any atom is -0.504 e. The number of fused-ring (bicyclic) bond motifs is 9. The van der Waals surface area contributed by atoms with Crippen molar-refractivity contribution in [2.45, 2.75) is 70.0 Å². The number of halogens is 3. The van der Waals surface area contributed by atoms with E-state index in [4.69, 9.17) is 14.2 Å². The van der Waals surface area contributed by atoms with Gasteiger partial charge in [0.15, 0.2) is 23.0 Å². The Bertz CT molecular complexity index is 1940. The molecule has 7 rings (SSSR count). The summed E-state index contributed by atoms with van der Waals surface area (Å²) in [6.07, 6.45) is -0.868. The zero-order chi connectivity index (χ0) is 34.9. The Morgan fingerprint density at radius 3 is 2.59 bits per heavy atom. The molecule has 0 aromatic heterocycles. The van der Waals surface area contributed by atoms with Crippen molar-refractivity contribution >= 4 is 12.0 Å². The van der Waals surface area contributed by atoms with Crippen LogP contribution in [0, 0.1) is 32.1 Å². The van der Waals surface area contributed by atoms with Crippen LogP contribution in [0.15, 0.2) is 36.4 Å². The summed E-state index contributed by atoms with van der Waals surface area (Å²) in [5.41, 5.74) is 5.88. The Balaban J connectivity index is 1.31. The molecule has 4 heterocycles. The highest BCUT2D eigenvalue weighted by Crippen LogP contribution is 2.57. The van der Waals surface area contributed by atoms with Crippen LogP contribution in [-0.4, -0.2) is 66.4 Å². The Morgan fingerprint density at radius 1 is 1.12 bits per heavy atom. The fourth-order valence-corrected chi connectivity index (χ4v) is 8.48. The van der Waals surface area contributed by atoms with Crippen LogP contribution >= 0.6 is 0 Å². The Hall–Kier alpha value is -4.73. The number of nitrogens with one attached hydrogen (secondary N) is 1. The van der Waals surface area contributed by atoms with Gasteiger partial charge in [0.2, 0.25) is 12.7 Å². The number of phenols is 1. The fraction of sp³-hybridized carbons (Fsp3) is 0.405. The molecule has 256 valence electrons. The molecule has 1 amide bonds. The molecule has 3 aromatic carbocycles. The number of aromatic hydroxyl groups is 1. The zero-order valence-corrected chi connectivity index (χ0v) is 27.8. The molecule has 5 atom stereocenters. The first-order valence-corrected chi connectivity index (χ1v) is 16.2. The first-order valence-electron chi connectivity index (χ1n) is 16.2. The number of benzene rings is 3. The van der Waals surface area contributed by atoms with Crippen molar-refractivity contribution in [3.63, 3.8) is 0 Å². The van der Waals surface area contributed by atoms with Crippen molar-refractivity contribution in [1.82, 2.24) is 15.1 Å². The second-order valence-electron chi connectivity index (χ2n) is 13.2. The Morgan fingerprint density at radius 2 is 1.88 bits per heavy atom. The predicted octanol–water partition coefficient (Wildman–Crippen LogP) is 5.67. The van der Waals surface area contributed by atoms with Crippen molar-refractivity contribution in [3.05, 3.63) is 86.5 Å². The van der Waals surface area contributed by atoms with E-state index in [1.165, 1.54) is 31.4 Å². The molecule has 2 N–H and O–H groups in total. The lowest BCUT2D eigenvalue weighted by molar-refractivity contribution is -0.137. The normalized spacial score (nSPS) is 24.2. The summed E-state index contributed by atoms with van der Waals surface area (Å²) in [5, 5.41) is 25.4. The Labute approximate surface area is 282 Å². The number of piperazine rings is 1. The van der Waals surface area contributed by atoms with E-state index in [9.17, 15) is 28.3 Å². The van der Waals surface area contributed by atoms with Gasteiger partial charge in [-0.1, -0.05) is 18.2 Å². The van der Waals surface area contributed by atoms with E-state index in [1.807, 2.05) is 33.9 Å². The number of likely N-dealkylation sites (N-methyl/N-ethyl adjacent to an activating group) is 1. The van der Waals surface area contributed by atoms with Crippen LogP contribution in [0.25, 0.3) is 6.08 Å². The molecule has 9 nitrogen and oxygen atoms in total. The number of amides is 1. The molecule has 3 aromatic rings. The maximum Gasteiger partial charge on any atom is 0.416 e. The van der Waals surface area contributed by atoms with E-state index in [1.54, 1.807) is 0 Å². The molecular formula is C37H37F3N4O5. The first-order chi connectivity index (χ1) is 23.3. The summed E-state index contributed by atoms with van der Waals surface area (Å²) < 4.78 is 57.4. The average molecular weight is 675 g/mol. The van der Waals surface area contributed by atoms with E-state index in [2.05, 4.69) is 21.2 Å². The van der Waals surface area contributed by atoms with Crippen LogP contribution in [-0.2, 0) is 23.8 Å². The quantitative estimate of drug-likeness (QED) is 0.334. The molecule has 0 radical (unpaired) electrons. The van der Waals surface area contributed by atoms with Crippen LogP contribution in [0.4, 0.5) is 13.2 Å². The molecule has 0 saturated carbocycles. The number of ether oxygens (including phenoxy) is 3. The number of aryl methyl sites for hydroxylation is 1. The smallest absolute Gasteiger partial charge is 0.416 e. The Kier molecular flexibility index (Phi) is 8.03. The number of rotatable bonds is 5. The second kappa shape index (κ2) is 12.0. The summed E-state index contributed by atoms with van der Waals surface area (Å²) in [7, 11) is 3.53. The fourth-order valence-electron chi connectivity index (χ4n) is 8.48. The maximum atomic E-state index is 13.3. The van der Waals surface area contributed by atoms with Gasteiger partial charge in [-0.2, -0.15) is 18.4 Å². The van der Waals surface area contributed by atoms with Crippen molar-refractivity contribution < 1.29 is 37.3 Å². The van der Waals surface area contributed by atoms with Crippen molar-refractivity contribution in [3.8, 4) is 29.1 Å². The summed E-state index contributed by atoms with van der Waals surface area (Å²) in [5.74, 6) is 1.25. The van der Waals surface area contributed by atoms with Crippen LogP contribution in [0.2, 0.25) is 0 Å². The number of phenolic OH excluding ortho intramolecular Hbond substituents is 1. The molecule has 2 bridgehead atoms. The topological polar surface area (TPSA) is 107 Å². The maximum absolute atomic E-state index is 13.3. The molecule has 4 aliphatic heterocycles. The monoisotopic (exact) mass is 674 g/mol. The van der Waals surface area contributed by atoms with Gasteiger partial charge in [-0.15, -0.1) is 0 Å². The molecule has 49 heavy (non-hydrogen) atoms. The van der Waals surface area contributed by atoms with E-state index in [-0.39, 0.29) is 42.8 Å². The number of nitrogens with zero attached hydrogens (tertiary/aromatic N) is 3. The van der Waals surface area contributed by atoms with E-state index < -0.39 is 29.7 Å². The average Bonchev–Trinajstić information content (AvgIpc) is 3.55. The lowest BCUT2D eigenvalue weighted by Crippen LogP contribution is -2.68. The molecule has 4 aliphatic rings. The first kappa shape index (κ1) is 32.8.